The number of sulfonamides is 1. The highest BCUT2D eigenvalue weighted by Gasteiger charge is 2.20. The number of aliphatic imine (C=N–C) groups is 1. The fraction of sp³-hybridized carbons (Fsp3) is 0.588. The third-order valence-corrected chi connectivity index (χ3v) is 6.16. The summed E-state index contributed by atoms with van der Waals surface area (Å²) in [6.07, 6.45) is 4.35. The monoisotopic (exact) mass is 386 g/mol. The molecule has 0 aliphatic heterocycles. The van der Waals surface area contributed by atoms with Gasteiger partial charge in [0.1, 0.15) is 0 Å². The summed E-state index contributed by atoms with van der Waals surface area (Å²) < 4.78 is 26.1. The summed E-state index contributed by atoms with van der Waals surface area (Å²) >= 11 is 1.85. The molecule has 0 fully saturated rings. The molecule has 0 atom stereocenters. The number of benzene rings is 1. The average Bonchev–Trinajstić information content (AvgIpc) is 2.59. The lowest BCUT2D eigenvalue weighted by Crippen LogP contribution is -2.37. The lowest BCUT2D eigenvalue weighted by molar-refractivity contribution is 0.519. The van der Waals surface area contributed by atoms with Crippen molar-refractivity contribution in [2.45, 2.75) is 31.2 Å². The SMILES string of the molecule is CCNC(=NCc1ccccc1S(=O)(=O)N(C)C)NCCCCSC. The molecule has 0 aromatic heterocycles. The predicted molar refractivity (Wildman–Crippen MR) is 108 cm³/mol. The normalized spacial score (nSPS) is 12.4. The summed E-state index contributed by atoms with van der Waals surface area (Å²) in [7, 11) is -0.399. The summed E-state index contributed by atoms with van der Waals surface area (Å²) in [6, 6.07) is 7.01. The maximum absolute atomic E-state index is 12.4. The topological polar surface area (TPSA) is 73.8 Å². The molecule has 0 saturated heterocycles. The summed E-state index contributed by atoms with van der Waals surface area (Å²) in [6.45, 7) is 3.93. The molecule has 0 bridgehead atoms. The van der Waals surface area contributed by atoms with E-state index >= 15 is 0 Å². The second-order valence-electron chi connectivity index (χ2n) is 5.72. The molecule has 0 spiro atoms. The fourth-order valence-corrected chi connectivity index (χ4v) is 3.77. The lowest BCUT2D eigenvalue weighted by atomic mass is 10.2. The first-order valence-electron chi connectivity index (χ1n) is 8.45. The van der Waals surface area contributed by atoms with E-state index in [2.05, 4.69) is 21.9 Å². The van der Waals surface area contributed by atoms with Gasteiger partial charge in [0.25, 0.3) is 0 Å². The lowest BCUT2D eigenvalue weighted by Gasteiger charge is -2.15. The van der Waals surface area contributed by atoms with Crippen molar-refractivity contribution in [2.24, 2.45) is 4.99 Å². The van der Waals surface area contributed by atoms with Gasteiger partial charge >= 0.3 is 0 Å². The molecule has 0 saturated carbocycles. The molecule has 0 radical (unpaired) electrons. The van der Waals surface area contributed by atoms with Crippen LogP contribution in [0.2, 0.25) is 0 Å². The number of unbranched alkanes of at least 4 members (excludes halogenated alkanes) is 1. The van der Waals surface area contributed by atoms with Gasteiger partial charge in [0.2, 0.25) is 10.0 Å². The van der Waals surface area contributed by atoms with Gasteiger partial charge in [-0.25, -0.2) is 17.7 Å². The van der Waals surface area contributed by atoms with Gasteiger partial charge in [-0.3, -0.25) is 0 Å². The van der Waals surface area contributed by atoms with Crippen LogP contribution in [0.3, 0.4) is 0 Å². The quantitative estimate of drug-likeness (QED) is 0.366. The Labute approximate surface area is 156 Å². The van der Waals surface area contributed by atoms with Crippen LogP contribution in [0.15, 0.2) is 34.2 Å². The largest absolute Gasteiger partial charge is 0.357 e. The highest BCUT2D eigenvalue weighted by atomic mass is 32.2. The van der Waals surface area contributed by atoms with E-state index in [9.17, 15) is 8.42 Å². The van der Waals surface area contributed by atoms with Gasteiger partial charge in [0.15, 0.2) is 5.96 Å². The zero-order chi connectivity index (χ0) is 18.7. The van der Waals surface area contributed by atoms with Crippen molar-refractivity contribution in [3.05, 3.63) is 29.8 Å². The molecule has 1 rings (SSSR count). The molecule has 0 amide bonds. The summed E-state index contributed by atoms with van der Waals surface area (Å²) in [5.74, 6) is 1.87. The Bertz CT molecular complexity index is 646. The third kappa shape index (κ3) is 7.25. The Morgan fingerprint density at radius 2 is 1.92 bits per heavy atom. The van der Waals surface area contributed by atoms with E-state index in [1.165, 1.54) is 18.4 Å². The Kier molecular flexibility index (Phi) is 9.92. The van der Waals surface area contributed by atoms with Gasteiger partial charge in [0, 0.05) is 27.2 Å². The number of nitrogens with zero attached hydrogens (tertiary/aromatic N) is 2. The van der Waals surface area contributed by atoms with Gasteiger partial charge in [-0.15, -0.1) is 0 Å². The molecule has 0 unspecified atom stereocenters. The molecular formula is C17H30N4O2S2. The minimum atomic E-state index is -3.47. The van der Waals surface area contributed by atoms with Gasteiger partial charge in [-0.1, -0.05) is 18.2 Å². The minimum absolute atomic E-state index is 0.305. The average molecular weight is 387 g/mol. The summed E-state index contributed by atoms with van der Waals surface area (Å²) in [4.78, 5) is 4.85. The molecule has 0 aliphatic carbocycles. The Hall–Kier alpha value is -1.25. The maximum atomic E-state index is 12.4. The summed E-state index contributed by atoms with van der Waals surface area (Å²) in [5.41, 5.74) is 0.691. The van der Waals surface area contributed by atoms with Crippen LogP contribution in [0.4, 0.5) is 0 Å². The van der Waals surface area contributed by atoms with E-state index in [-0.39, 0.29) is 0 Å². The van der Waals surface area contributed by atoms with E-state index in [0.29, 0.717) is 23.0 Å². The molecule has 25 heavy (non-hydrogen) atoms. The van der Waals surface area contributed by atoms with Crippen LogP contribution in [0.1, 0.15) is 25.3 Å². The van der Waals surface area contributed by atoms with Crippen molar-refractivity contribution in [2.75, 3.05) is 39.2 Å². The maximum Gasteiger partial charge on any atom is 0.242 e. The van der Waals surface area contributed by atoms with Crippen LogP contribution in [0.25, 0.3) is 0 Å². The number of thioether (sulfide) groups is 1. The Morgan fingerprint density at radius 1 is 1.20 bits per heavy atom. The highest BCUT2D eigenvalue weighted by molar-refractivity contribution is 7.98. The third-order valence-electron chi connectivity index (χ3n) is 3.55. The highest BCUT2D eigenvalue weighted by Crippen LogP contribution is 2.19. The van der Waals surface area contributed by atoms with Crippen molar-refractivity contribution in [3.8, 4) is 0 Å². The van der Waals surface area contributed by atoms with Gasteiger partial charge in [0.05, 0.1) is 11.4 Å². The van der Waals surface area contributed by atoms with Crippen LogP contribution in [-0.2, 0) is 16.6 Å². The predicted octanol–water partition coefficient (Wildman–Crippen LogP) is 2.14. The standard InChI is InChI=1S/C17H30N4O2S2/c1-5-18-17(19-12-8-9-13-24-4)20-14-15-10-6-7-11-16(15)25(22,23)21(2)3/h6-7,10-11H,5,8-9,12-14H2,1-4H3,(H2,18,19,20). The number of hydrogen-bond acceptors (Lipinski definition) is 4. The Balaban J connectivity index is 2.83. The van der Waals surface area contributed by atoms with E-state index in [1.807, 2.05) is 30.8 Å². The molecule has 0 aliphatic rings. The van der Waals surface area contributed by atoms with E-state index in [1.54, 1.807) is 12.1 Å². The number of guanidine groups is 1. The molecule has 0 heterocycles. The zero-order valence-corrected chi connectivity index (χ0v) is 17.2. The van der Waals surface area contributed by atoms with Crippen LogP contribution in [0.5, 0.6) is 0 Å². The van der Waals surface area contributed by atoms with Gasteiger partial charge < -0.3 is 10.6 Å². The minimum Gasteiger partial charge on any atom is -0.357 e. The van der Waals surface area contributed by atoms with E-state index in [4.69, 9.17) is 0 Å². The van der Waals surface area contributed by atoms with Gasteiger partial charge in [-0.05, 0) is 43.4 Å². The molecule has 142 valence electrons. The number of rotatable bonds is 10. The van der Waals surface area contributed by atoms with Crippen molar-refractivity contribution >= 4 is 27.7 Å². The van der Waals surface area contributed by atoms with Crippen LogP contribution < -0.4 is 10.6 Å². The number of nitrogens with one attached hydrogen (secondary N) is 2. The second-order valence-corrected chi connectivity index (χ2v) is 8.82. The first kappa shape index (κ1) is 21.8. The molecule has 6 nitrogen and oxygen atoms in total. The fourth-order valence-electron chi connectivity index (χ4n) is 2.17. The van der Waals surface area contributed by atoms with E-state index in [0.717, 1.165) is 31.7 Å². The molecule has 1 aromatic rings. The Morgan fingerprint density at radius 3 is 2.56 bits per heavy atom. The van der Waals surface area contributed by atoms with Crippen LogP contribution in [0, 0.1) is 0 Å². The summed E-state index contributed by atoms with van der Waals surface area (Å²) in [5, 5.41) is 6.50. The first-order chi connectivity index (χ1) is 11.9. The molecule has 8 heteroatoms. The smallest absolute Gasteiger partial charge is 0.242 e. The molecule has 1 aromatic carbocycles. The van der Waals surface area contributed by atoms with Crippen LogP contribution >= 0.6 is 11.8 Å². The van der Waals surface area contributed by atoms with Crippen molar-refractivity contribution < 1.29 is 8.42 Å². The van der Waals surface area contributed by atoms with Gasteiger partial charge in [-0.2, -0.15) is 11.8 Å². The second kappa shape index (κ2) is 11.4. The van der Waals surface area contributed by atoms with Crippen molar-refractivity contribution in [1.82, 2.24) is 14.9 Å². The van der Waals surface area contributed by atoms with Crippen LogP contribution in [-0.4, -0.2) is 57.9 Å². The van der Waals surface area contributed by atoms with Crippen molar-refractivity contribution in [3.63, 3.8) is 0 Å². The van der Waals surface area contributed by atoms with Crippen molar-refractivity contribution in [1.29, 1.82) is 0 Å². The number of hydrogen-bond donors (Lipinski definition) is 2. The molecular weight excluding hydrogens is 356 g/mol. The van der Waals surface area contributed by atoms with E-state index < -0.39 is 10.0 Å². The zero-order valence-electron chi connectivity index (χ0n) is 15.6. The molecule has 2 N–H and O–H groups in total. The first-order valence-corrected chi connectivity index (χ1v) is 11.3.